The second-order valence-electron chi connectivity index (χ2n) is 13.1. The molecule has 256 valence electrons. The topological polar surface area (TPSA) is 80.9 Å². The highest BCUT2D eigenvalue weighted by molar-refractivity contribution is 7.21. The van der Waals surface area contributed by atoms with Crippen molar-refractivity contribution < 1.29 is 20.4 Å². The molecule has 0 aliphatic rings. The van der Waals surface area contributed by atoms with Crippen molar-refractivity contribution in [3.05, 3.63) is 194 Å². The van der Waals surface area contributed by atoms with Gasteiger partial charge in [-0.05, 0) is 89.5 Å². The van der Waals surface area contributed by atoms with Crippen LogP contribution in [-0.2, 0) is 0 Å². The Labute approximate surface area is 309 Å². The van der Waals surface area contributed by atoms with Crippen LogP contribution in [0, 0.1) is 0 Å². The highest BCUT2D eigenvalue weighted by Gasteiger charge is 2.48. The molecule has 8 aromatic rings. The monoisotopic (exact) mass is 704 g/mol. The van der Waals surface area contributed by atoms with Crippen LogP contribution in [0.25, 0.3) is 44.5 Å². The molecule has 5 heteroatoms. The average molecular weight is 705 g/mol. The van der Waals surface area contributed by atoms with Crippen molar-refractivity contribution in [2.24, 2.45) is 0 Å². The van der Waals surface area contributed by atoms with E-state index in [1.165, 1.54) is 0 Å². The number of hydrogen-bond acceptors (Lipinski definition) is 4. The lowest BCUT2D eigenvalue weighted by molar-refractivity contribution is 0.476. The minimum absolute atomic E-state index is 0.0115. The Morgan fingerprint density at radius 2 is 0.434 bits per heavy atom. The van der Waals surface area contributed by atoms with Crippen LogP contribution in [0.5, 0.6) is 23.0 Å². The van der Waals surface area contributed by atoms with E-state index in [1.54, 1.807) is 24.3 Å². The van der Waals surface area contributed by atoms with E-state index in [-0.39, 0.29) is 23.0 Å². The molecule has 4 nitrogen and oxygen atoms in total. The molecule has 0 heterocycles. The molecular weight excluding hydrogens is 669 g/mol. The van der Waals surface area contributed by atoms with E-state index >= 15 is 0 Å². The summed E-state index contributed by atoms with van der Waals surface area (Å²) in [5.41, 5.74) is 6.97. The van der Waals surface area contributed by atoms with Crippen molar-refractivity contribution in [2.75, 3.05) is 0 Å². The second kappa shape index (κ2) is 14.1. The van der Waals surface area contributed by atoms with Gasteiger partial charge in [0.15, 0.2) is 8.07 Å². The maximum Gasteiger partial charge on any atom is 0.196 e. The smallest absolute Gasteiger partial charge is 0.196 e. The summed E-state index contributed by atoms with van der Waals surface area (Å²) in [6, 6.07) is 61.5. The normalized spacial score (nSPS) is 11.3. The summed E-state index contributed by atoms with van der Waals surface area (Å²) in [5.74, 6) is -0.0458. The lowest BCUT2D eigenvalue weighted by atomic mass is 10.1. The van der Waals surface area contributed by atoms with Gasteiger partial charge in [-0.3, -0.25) is 0 Å². The van der Waals surface area contributed by atoms with Gasteiger partial charge in [-0.25, -0.2) is 0 Å². The van der Waals surface area contributed by atoms with Crippen LogP contribution >= 0.6 is 0 Å². The van der Waals surface area contributed by atoms with Crippen molar-refractivity contribution in [1.82, 2.24) is 0 Å². The molecule has 8 aromatic carbocycles. The van der Waals surface area contributed by atoms with Crippen molar-refractivity contribution in [1.29, 1.82) is 0 Å². The third-order valence-electron chi connectivity index (χ3n) is 10.0. The van der Waals surface area contributed by atoms with Gasteiger partial charge >= 0.3 is 0 Å². The summed E-state index contributed by atoms with van der Waals surface area (Å²) in [5, 5.41) is 51.0. The first-order valence-electron chi connectivity index (χ1n) is 17.5. The molecular formula is C48H36O4Si. The molecule has 0 bridgehead atoms. The van der Waals surface area contributed by atoms with Crippen LogP contribution < -0.4 is 20.7 Å². The summed E-state index contributed by atoms with van der Waals surface area (Å²) >= 11 is 0. The summed E-state index contributed by atoms with van der Waals surface area (Å²) in [6.45, 7) is 0. The molecule has 0 fully saturated rings. The van der Waals surface area contributed by atoms with Gasteiger partial charge in [0.1, 0.15) is 23.0 Å². The highest BCUT2D eigenvalue weighted by atomic mass is 28.3. The van der Waals surface area contributed by atoms with Gasteiger partial charge in [0.25, 0.3) is 0 Å². The Morgan fingerprint density at radius 1 is 0.226 bits per heavy atom. The predicted octanol–water partition coefficient (Wildman–Crippen LogP) is 8.55. The largest absolute Gasteiger partial charge is 0.508 e. The summed E-state index contributed by atoms with van der Waals surface area (Å²) in [6.07, 6.45) is 0. The van der Waals surface area contributed by atoms with E-state index in [0.717, 1.165) is 44.5 Å². The first kappa shape index (κ1) is 33.3. The molecule has 0 spiro atoms. The number of phenols is 4. The molecule has 0 radical (unpaired) electrons. The van der Waals surface area contributed by atoms with E-state index in [1.807, 2.05) is 170 Å². The van der Waals surface area contributed by atoms with Crippen LogP contribution in [0.4, 0.5) is 0 Å². The summed E-state index contributed by atoms with van der Waals surface area (Å²) < 4.78 is 0. The number of rotatable bonds is 8. The Kier molecular flexibility index (Phi) is 8.84. The fourth-order valence-corrected chi connectivity index (χ4v) is 12.4. The van der Waals surface area contributed by atoms with E-state index in [0.29, 0.717) is 20.7 Å². The third kappa shape index (κ3) is 6.13. The molecule has 8 rings (SSSR count). The number of hydrogen-bond donors (Lipinski definition) is 4. The minimum Gasteiger partial charge on any atom is -0.508 e. The molecule has 0 aromatic heterocycles. The Balaban J connectivity index is 1.45. The summed E-state index contributed by atoms with van der Waals surface area (Å²) in [4.78, 5) is 0. The van der Waals surface area contributed by atoms with E-state index in [9.17, 15) is 20.4 Å². The SMILES string of the molecule is Oc1cc(-c2ccccc2)ccc1[Si](c1ccc(-c2ccccc2)cc1O)(c1ccc(-c2ccccc2)cc1O)c1ccc(-c2ccccc2)cc1O. The molecule has 0 amide bonds. The fraction of sp³-hybridized carbons (Fsp3) is 0. The van der Waals surface area contributed by atoms with Gasteiger partial charge < -0.3 is 20.4 Å². The first-order chi connectivity index (χ1) is 25.9. The Bertz CT molecular complexity index is 2180. The van der Waals surface area contributed by atoms with Gasteiger partial charge in [-0.15, -0.1) is 0 Å². The third-order valence-corrected chi connectivity index (χ3v) is 15.0. The van der Waals surface area contributed by atoms with Crippen molar-refractivity contribution >= 4 is 28.8 Å². The molecule has 0 aliphatic carbocycles. The van der Waals surface area contributed by atoms with Crippen LogP contribution in [0.2, 0.25) is 0 Å². The van der Waals surface area contributed by atoms with Gasteiger partial charge in [0, 0.05) is 0 Å². The Morgan fingerprint density at radius 3 is 0.623 bits per heavy atom. The van der Waals surface area contributed by atoms with Gasteiger partial charge in [0.05, 0.1) is 0 Å². The number of aromatic hydroxyl groups is 4. The molecule has 0 saturated heterocycles. The maximum atomic E-state index is 12.2. The standard InChI is InChI=1S/C48H36O4Si/c49-41-29-37(33-13-5-1-6-14-33)21-25-45(41)53(46-26-22-38(30-42(46)50)34-15-7-2-8-16-34,47-27-23-39(31-43(47)51)35-17-9-3-10-18-35)48-28-24-40(32-44(48)52)36-19-11-4-12-20-36/h1-32,49-52H. The van der Waals surface area contributed by atoms with E-state index < -0.39 is 8.07 Å². The molecule has 0 aliphatic heterocycles. The van der Waals surface area contributed by atoms with Crippen LogP contribution in [-0.4, -0.2) is 28.5 Å². The van der Waals surface area contributed by atoms with Crippen molar-refractivity contribution in [3.8, 4) is 67.5 Å². The second-order valence-corrected chi connectivity index (χ2v) is 16.8. The molecule has 0 saturated carbocycles. The van der Waals surface area contributed by atoms with E-state index in [4.69, 9.17) is 0 Å². The zero-order chi connectivity index (χ0) is 36.4. The lowest BCUT2D eigenvalue weighted by Gasteiger charge is -2.36. The van der Waals surface area contributed by atoms with Gasteiger partial charge in [-0.1, -0.05) is 170 Å². The zero-order valence-corrected chi connectivity index (χ0v) is 29.8. The highest BCUT2D eigenvalue weighted by Crippen LogP contribution is 2.33. The zero-order valence-electron chi connectivity index (χ0n) is 28.8. The Hall–Kier alpha value is -6.82. The van der Waals surface area contributed by atoms with Crippen molar-refractivity contribution in [3.63, 3.8) is 0 Å². The van der Waals surface area contributed by atoms with Crippen LogP contribution in [0.1, 0.15) is 0 Å². The molecule has 0 atom stereocenters. The fourth-order valence-electron chi connectivity index (χ4n) is 7.51. The number of benzene rings is 8. The van der Waals surface area contributed by atoms with Crippen LogP contribution in [0.3, 0.4) is 0 Å². The molecule has 0 unspecified atom stereocenters. The van der Waals surface area contributed by atoms with E-state index in [2.05, 4.69) is 0 Å². The van der Waals surface area contributed by atoms with Gasteiger partial charge in [0.2, 0.25) is 0 Å². The molecule has 4 N–H and O–H groups in total. The predicted molar refractivity (Wildman–Crippen MR) is 218 cm³/mol. The van der Waals surface area contributed by atoms with Crippen LogP contribution in [0.15, 0.2) is 194 Å². The van der Waals surface area contributed by atoms with Gasteiger partial charge in [-0.2, -0.15) is 0 Å². The quantitative estimate of drug-likeness (QED) is 0.0945. The minimum atomic E-state index is -3.97. The lowest BCUT2D eigenvalue weighted by Crippen LogP contribution is -2.74. The first-order valence-corrected chi connectivity index (χ1v) is 19.5. The van der Waals surface area contributed by atoms with Crippen molar-refractivity contribution in [2.45, 2.75) is 0 Å². The number of phenolic OH excluding ortho intramolecular Hbond substituents is 4. The molecule has 53 heavy (non-hydrogen) atoms. The summed E-state index contributed by atoms with van der Waals surface area (Å²) in [7, 11) is -3.97. The average Bonchev–Trinajstić information content (AvgIpc) is 3.21. The maximum absolute atomic E-state index is 12.2.